The molecular weight excluding hydrogens is 605 g/mol. The molecule has 234 valence electrons. The SMILES string of the molecule is c1ccc(-c2nc(C34c5ccccc5C(c5ccccc5)(c5ccccc53)c3ccccc34)nc(-c3ccccc3)c2-c2ccccc2)cc1. The highest BCUT2D eigenvalue weighted by Gasteiger charge is 2.61. The van der Waals surface area contributed by atoms with E-state index in [9.17, 15) is 0 Å². The van der Waals surface area contributed by atoms with Gasteiger partial charge in [0, 0.05) is 16.7 Å². The van der Waals surface area contributed by atoms with Gasteiger partial charge in [0.2, 0.25) is 0 Å². The van der Waals surface area contributed by atoms with Crippen molar-refractivity contribution < 1.29 is 0 Å². The molecule has 0 radical (unpaired) electrons. The van der Waals surface area contributed by atoms with Crippen LogP contribution < -0.4 is 0 Å². The Hall–Kier alpha value is -6.38. The van der Waals surface area contributed by atoms with E-state index in [1.165, 1.54) is 38.9 Å². The second-order valence-electron chi connectivity index (χ2n) is 13.2. The highest BCUT2D eigenvalue weighted by molar-refractivity contribution is 5.92. The number of hydrogen-bond donors (Lipinski definition) is 0. The fraction of sp³-hybridized carbons (Fsp3) is 0.0417. The van der Waals surface area contributed by atoms with Crippen LogP contribution in [0.2, 0.25) is 0 Å². The first kappa shape index (κ1) is 28.6. The molecule has 3 aliphatic rings. The second-order valence-corrected chi connectivity index (χ2v) is 13.2. The Labute approximate surface area is 292 Å². The molecule has 0 aliphatic heterocycles. The fourth-order valence-electron chi connectivity index (χ4n) is 8.91. The van der Waals surface area contributed by atoms with Crippen LogP contribution in [-0.2, 0) is 10.8 Å². The van der Waals surface area contributed by atoms with Gasteiger partial charge in [0.05, 0.1) is 16.8 Å². The van der Waals surface area contributed by atoms with Gasteiger partial charge in [0.1, 0.15) is 11.2 Å². The van der Waals surface area contributed by atoms with Crippen LogP contribution in [-0.4, -0.2) is 9.97 Å². The van der Waals surface area contributed by atoms with Gasteiger partial charge in [0.25, 0.3) is 0 Å². The molecule has 1 aromatic heterocycles. The molecule has 0 unspecified atom stereocenters. The second kappa shape index (κ2) is 11.1. The zero-order chi connectivity index (χ0) is 33.1. The molecule has 2 heteroatoms. The van der Waals surface area contributed by atoms with Gasteiger partial charge in [-0.1, -0.05) is 194 Å². The molecule has 1 heterocycles. The lowest BCUT2D eigenvalue weighted by Gasteiger charge is -2.56. The van der Waals surface area contributed by atoms with Gasteiger partial charge in [-0.25, -0.2) is 9.97 Å². The predicted octanol–water partition coefficient (Wildman–Crippen LogP) is 10.9. The number of nitrogens with zero attached hydrogens (tertiary/aromatic N) is 2. The van der Waals surface area contributed by atoms with Crippen molar-refractivity contribution in [2.45, 2.75) is 10.8 Å². The van der Waals surface area contributed by atoms with Gasteiger partial charge in [-0.05, 0) is 44.5 Å². The van der Waals surface area contributed by atoms with Crippen LogP contribution in [0, 0.1) is 0 Å². The fourth-order valence-corrected chi connectivity index (χ4v) is 8.91. The van der Waals surface area contributed by atoms with Crippen LogP contribution in [0.25, 0.3) is 33.6 Å². The molecule has 8 aromatic rings. The first-order chi connectivity index (χ1) is 24.8. The van der Waals surface area contributed by atoms with Gasteiger partial charge >= 0.3 is 0 Å². The molecule has 0 N–H and O–H groups in total. The zero-order valence-electron chi connectivity index (χ0n) is 27.4. The van der Waals surface area contributed by atoms with Crippen molar-refractivity contribution >= 4 is 0 Å². The monoisotopic (exact) mass is 636 g/mol. The van der Waals surface area contributed by atoms with Crippen molar-refractivity contribution in [3.8, 4) is 33.6 Å². The number of rotatable bonds is 5. The number of hydrogen-bond acceptors (Lipinski definition) is 2. The topological polar surface area (TPSA) is 25.8 Å². The van der Waals surface area contributed by atoms with Crippen molar-refractivity contribution in [1.82, 2.24) is 9.97 Å². The Bertz CT molecular complexity index is 2340. The molecule has 0 atom stereocenters. The maximum absolute atomic E-state index is 5.78. The van der Waals surface area contributed by atoms with E-state index < -0.39 is 10.8 Å². The third-order valence-corrected chi connectivity index (χ3v) is 10.8. The largest absolute Gasteiger partial charge is 0.230 e. The quantitative estimate of drug-likeness (QED) is 0.188. The summed E-state index contributed by atoms with van der Waals surface area (Å²) in [7, 11) is 0. The lowest BCUT2D eigenvalue weighted by atomic mass is 9.45. The maximum Gasteiger partial charge on any atom is 0.149 e. The maximum atomic E-state index is 5.78. The standard InChI is InChI=1S/C48H32N2/c1-5-19-33(20-6-1)43-44(34-21-7-2-8-22-34)49-46(50-45(43)35-23-9-3-10-24-35)48-40-30-16-13-27-37(40)47(36-25-11-4-12-26-36,38-28-14-17-31-41(38)48)39-29-15-18-32-42(39)48/h1-32H. The first-order valence-electron chi connectivity index (χ1n) is 17.3. The average molecular weight is 637 g/mol. The first-order valence-corrected chi connectivity index (χ1v) is 17.3. The molecule has 0 amide bonds. The molecule has 0 saturated carbocycles. The molecule has 7 aromatic carbocycles. The molecule has 0 saturated heterocycles. The minimum atomic E-state index is -0.761. The van der Waals surface area contributed by atoms with Gasteiger partial charge in [-0.2, -0.15) is 0 Å². The van der Waals surface area contributed by atoms with Gasteiger partial charge in [0.15, 0.2) is 0 Å². The van der Waals surface area contributed by atoms with Gasteiger partial charge in [-0.15, -0.1) is 0 Å². The summed E-state index contributed by atoms with van der Waals surface area (Å²) >= 11 is 0. The molecule has 2 bridgehead atoms. The summed E-state index contributed by atoms with van der Waals surface area (Å²) in [6.07, 6.45) is 0. The predicted molar refractivity (Wildman–Crippen MR) is 202 cm³/mol. The van der Waals surface area contributed by atoms with Crippen molar-refractivity contribution in [2.75, 3.05) is 0 Å². The van der Waals surface area contributed by atoms with Gasteiger partial charge in [-0.3, -0.25) is 0 Å². The summed E-state index contributed by atoms with van der Waals surface area (Å²) in [4.78, 5) is 11.6. The minimum absolute atomic E-state index is 0.485. The molecule has 2 nitrogen and oxygen atoms in total. The van der Waals surface area contributed by atoms with Crippen LogP contribution in [0.3, 0.4) is 0 Å². The van der Waals surface area contributed by atoms with E-state index in [0.717, 1.165) is 39.5 Å². The summed E-state index contributed by atoms with van der Waals surface area (Å²) in [5.41, 5.74) is 13.6. The third-order valence-electron chi connectivity index (χ3n) is 10.8. The van der Waals surface area contributed by atoms with Crippen LogP contribution in [0.1, 0.15) is 44.8 Å². The third kappa shape index (κ3) is 3.79. The molecule has 11 rings (SSSR count). The van der Waals surface area contributed by atoms with E-state index in [0.29, 0.717) is 0 Å². The van der Waals surface area contributed by atoms with E-state index in [4.69, 9.17) is 9.97 Å². The Kier molecular flexibility index (Phi) is 6.34. The summed E-state index contributed by atoms with van der Waals surface area (Å²) < 4.78 is 0. The van der Waals surface area contributed by atoms with E-state index in [-0.39, 0.29) is 0 Å². The van der Waals surface area contributed by atoms with Crippen LogP contribution >= 0.6 is 0 Å². The highest BCUT2D eigenvalue weighted by atomic mass is 14.9. The molecule has 50 heavy (non-hydrogen) atoms. The lowest BCUT2D eigenvalue weighted by Crippen LogP contribution is -2.52. The number of aromatic nitrogens is 2. The summed E-state index contributed by atoms with van der Waals surface area (Å²) in [5.74, 6) is 0.781. The van der Waals surface area contributed by atoms with Crippen LogP contribution in [0.15, 0.2) is 194 Å². The van der Waals surface area contributed by atoms with Crippen molar-refractivity contribution in [2.24, 2.45) is 0 Å². The van der Waals surface area contributed by atoms with E-state index in [1.807, 2.05) is 0 Å². The Balaban J connectivity index is 1.41. The average Bonchev–Trinajstić information content (AvgIpc) is 3.21. The number of benzene rings is 7. The smallest absolute Gasteiger partial charge is 0.149 e. The summed E-state index contributed by atoms with van der Waals surface area (Å²) in [5, 5.41) is 0. The van der Waals surface area contributed by atoms with Gasteiger partial charge < -0.3 is 0 Å². The Morgan fingerprint density at radius 1 is 0.280 bits per heavy atom. The highest BCUT2D eigenvalue weighted by Crippen LogP contribution is 2.65. The van der Waals surface area contributed by atoms with Crippen LogP contribution in [0.5, 0.6) is 0 Å². The summed E-state index contributed by atoms with van der Waals surface area (Å²) in [6.45, 7) is 0. The normalized spacial score (nSPS) is 18.2. The zero-order valence-corrected chi connectivity index (χ0v) is 27.4. The molecule has 3 aliphatic carbocycles. The molecular formula is C48H32N2. The molecule has 0 spiro atoms. The molecule has 0 fully saturated rings. The van der Waals surface area contributed by atoms with Crippen LogP contribution in [0.4, 0.5) is 0 Å². The van der Waals surface area contributed by atoms with E-state index in [2.05, 4.69) is 194 Å². The Morgan fingerprint density at radius 3 is 0.960 bits per heavy atom. The Morgan fingerprint density at radius 2 is 0.580 bits per heavy atom. The van der Waals surface area contributed by atoms with Crippen molar-refractivity contribution in [3.63, 3.8) is 0 Å². The van der Waals surface area contributed by atoms with Crippen molar-refractivity contribution in [1.29, 1.82) is 0 Å². The summed E-state index contributed by atoms with van der Waals surface area (Å²) in [6, 6.07) is 69.9. The van der Waals surface area contributed by atoms with E-state index >= 15 is 0 Å². The minimum Gasteiger partial charge on any atom is -0.230 e. The lowest BCUT2D eigenvalue weighted by molar-refractivity contribution is 0.536. The van der Waals surface area contributed by atoms with E-state index in [1.54, 1.807) is 0 Å². The van der Waals surface area contributed by atoms with Crippen molar-refractivity contribution in [3.05, 3.63) is 239 Å².